The molecule has 2 rings (SSSR count). The third-order valence-electron chi connectivity index (χ3n) is 4.33. The highest BCUT2D eigenvalue weighted by atomic mass is 16.2. The van der Waals surface area contributed by atoms with Crippen LogP contribution in [0.3, 0.4) is 0 Å². The molecule has 1 aromatic rings. The van der Waals surface area contributed by atoms with E-state index in [0.717, 1.165) is 13.0 Å². The molecular weight excluding hydrogens is 254 g/mol. The van der Waals surface area contributed by atoms with Crippen LogP contribution in [0.15, 0.2) is 23.1 Å². The van der Waals surface area contributed by atoms with Crippen LogP contribution in [0.5, 0.6) is 0 Å². The monoisotopic (exact) mass is 277 g/mol. The lowest BCUT2D eigenvalue weighted by Crippen LogP contribution is -2.42. The maximum Gasteiger partial charge on any atom is 0.250 e. The van der Waals surface area contributed by atoms with Crippen LogP contribution < -0.4 is 16.2 Å². The summed E-state index contributed by atoms with van der Waals surface area (Å²) in [5.74, 6) is 0.313. The molecule has 0 spiro atoms. The fraction of sp³-hybridized carbons (Fsp3) is 0.600. The van der Waals surface area contributed by atoms with Gasteiger partial charge in [-0.25, -0.2) is 0 Å². The maximum atomic E-state index is 12.6. The fourth-order valence-electron chi connectivity index (χ4n) is 2.77. The summed E-state index contributed by atoms with van der Waals surface area (Å²) in [4.78, 5) is 24.2. The molecule has 1 unspecified atom stereocenters. The van der Waals surface area contributed by atoms with Gasteiger partial charge in [-0.15, -0.1) is 0 Å². The summed E-state index contributed by atoms with van der Waals surface area (Å²) >= 11 is 0. The standard InChI is InChI=1S/C15H23N3O2/c1-4-18-9-12(5-6-13(18)19)17-14(20)15(11(2)3)7-8-16-10-15/h5-6,9,11,16H,4,7-8,10H2,1-3H3,(H,17,20). The Labute approximate surface area is 119 Å². The van der Waals surface area contributed by atoms with E-state index < -0.39 is 0 Å². The number of nitrogens with zero attached hydrogens (tertiary/aromatic N) is 1. The quantitative estimate of drug-likeness (QED) is 0.875. The Balaban J connectivity index is 2.21. The lowest BCUT2D eigenvalue weighted by atomic mass is 9.75. The number of aryl methyl sites for hydroxylation is 1. The number of pyridine rings is 1. The van der Waals surface area contributed by atoms with Gasteiger partial charge in [0.15, 0.2) is 0 Å². The number of carbonyl (C=O) groups excluding carboxylic acids is 1. The van der Waals surface area contributed by atoms with Crippen molar-refractivity contribution in [3.8, 4) is 0 Å². The molecule has 0 saturated carbocycles. The first-order valence-corrected chi connectivity index (χ1v) is 7.22. The van der Waals surface area contributed by atoms with E-state index >= 15 is 0 Å². The van der Waals surface area contributed by atoms with E-state index in [1.165, 1.54) is 6.07 Å². The normalized spacial score (nSPS) is 22.2. The van der Waals surface area contributed by atoms with Crippen molar-refractivity contribution in [1.29, 1.82) is 0 Å². The third kappa shape index (κ3) is 2.63. The van der Waals surface area contributed by atoms with E-state index in [-0.39, 0.29) is 22.8 Å². The second-order valence-electron chi connectivity index (χ2n) is 5.73. The number of hydrogen-bond donors (Lipinski definition) is 2. The Morgan fingerprint density at radius 2 is 2.25 bits per heavy atom. The van der Waals surface area contributed by atoms with Gasteiger partial charge in [0.25, 0.3) is 5.56 Å². The minimum absolute atomic E-state index is 0.0406. The highest BCUT2D eigenvalue weighted by Gasteiger charge is 2.43. The topological polar surface area (TPSA) is 63.1 Å². The van der Waals surface area contributed by atoms with Crippen molar-refractivity contribution in [2.24, 2.45) is 11.3 Å². The van der Waals surface area contributed by atoms with Crippen molar-refractivity contribution in [1.82, 2.24) is 9.88 Å². The number of anilines is 1. The van der Waals surface area contributed by atoms with Crippen molar-refractivity contribution in [3.63, 3.8) is 0 Å². The lowest BCUT2D eigenvalue weighted by molar-refractivity contribution is -0.126. The number of amides is 1. The SMILES string of the molecule is CCn1cc(NC(=O)C2(C(C)C)CCNC2)ccc1=O. The molecule has 1 fully saturated rings. The number of aromatic nitrogens is 1. The molecular formula is C15H23N3O2. The predicted octanol–water partition coefficient (Wildman–Crippen LogP) is 1.44. The molecule has 5 heteroatoms. The molecule has 5 nitrogen and oxygen atoms in total. The first-order valence-electron chi connectivity index (χ1n) is 7.22. The summed E-state index contributed by atoms with van der Waals surface area (Å²) in [5, 5.41) is 6.25. The van der Waals surface area contributed by atoms with Gasteiger partial charge in [-0.1, -0.05) is 13.8 Å². The summed E-state index contributed by atoms with van der Waals surface area (Å²) in [6.45, 7) is 8.26. The molecule has 1 aliphatic rings. The zero-order chi connectivity index (χ0) is 14.8. The molecule has 2 N–H and O–H groups in total. The predicted molar refractivity (Wildman–Crippen MR) is 79.8 cm³/mol. The van der Waals surface area contributed by atoms with Crippen LogP contribution in [0.1, 0.15) is 27.2 Å². The summed E-state index contributed by atoms with van der Waals surface area (Å²) in [7, 11) is 0. The van der Waals surface area contributed by atoms with Crippen LogP contribution in [0, 0.1) is 11.3 Å². The Morgan fingerprint density at radius 3 is 2.80 bits per heavy atom. The van der Waals surface area contributed by atoms with Crippen molar-refractivity contribution >= 4 is 11.6 Å². The molecule has 1 amide bonds. The smallest absolute Gasteiger partial charge is 0.250 e. The van der Waals surface area contributed by atoms with E-state index in [1.54, 1.807) is 16.8 Å². The zero-order valence-corrected chi connectivity index (χ0v) is 12.4. The number of nitrogens with one attached hydrogen (secondary N) is 2. The highest BCUT2D eigenvalue weighted by Crippen LogP contribution is 2.35. The molecule has 0 bridgehead atoms. The molecule has 0 radical (unpaired) electrons. The minimum Gasteiger partial charge on any atom is -0.324 e. The fourth-order valence-corrected chi connectivity index (χ4v) is 2.77. The van der Waals surface area contributed by atoms with Gasteiger partial charge < -0.3 is 15.2 Å². The minimum atomic E-state index is -0.354. The van der Waals surface area contributed by atoms with Crippen LogP contribution in [-0.4, -0.2) is 23.6 Å². The van der Waals surface area contributed by atoms with Crippen LogP contribution in [0.4, 0.5) is 5.69 Å². The van der Waals surface area contributed by atoms with Crippen molar-refractivity contribution < 1.29 is 4.79 Å². The molecule has 1 saturated heterocycles. The Bertz CT molecular complexity index is 542. The molecule has 1 atom stereocenters. The molecule has 2 heterocycles. The van der Waals surface area contributed by atoms with Gasteiger partial charge in [-0.3, -0.25) is 9.59 Å². The van der Waals surface area contributed by atoms with Crippen LogP contribution in [0.2, 0.25) is 0 Å². The molecule has 1 aromatic heterocycles. The average Bonchev–Trinajstić information content (AvgIpc) is 2.91. The van der Waals surface area contributed by atoms with Crippen molar-refractivity contribution in [2.45, 2.75) is 33.7 Å². The number of carbonyl (C=O) groups is 1. The summed E-state index contributed by atoms with van der Waals surface area (Å²) in [6.07, 6.45) is 2.56. The Kier molecular flexibility index (Phi) is 4.28. The Morgan fingerprint density at radius 1 is 1.50 bits per heavy atom. The van der Waals surface area contributed by atoms with E-state index in [9.17, 15) is 9.59 Å². The third-order valence-corrected chi connectivity index (χ3v) is 4.33. The molecule has 0 aromatic carbocycles. The maximum absolute atomic E-state index is 12.6. The van der Waals surface area contributed by atoms with Gasteiger partial charge in [0.2, 0.25) is 5.91 Å². The van der Waals surface area contributed by atoms with Crippen LogP contribution in [0.25, 0.3) is 0 Å². The molecule has 1 aliphatic heterocycles. The molecule has 110 valence electrons. The van der Waals surface area contributed by atoms with Crippen molar-refractivity contribution in [2.75, 3.05) is 18.4 Å². The van der Waals surface area contributed by atoms with Crippen LogP contribution in [-0.2, 0) is 11.3 Å². The lowest BCUT2D eigenvalue weighted by Gasteiger charge is -2.31. The Hall–Kier alpha value is -1.62. The van der Waals surface area contributed by atoms with Gasteiger partial charge in [-0.2, -0.15) is 0 Å². The van der Waals surface area contributed by atoms with Gasteiger partial charge in [0.1, 0.15) is 0 Å². The highest BCUT2D eigenvalue weighted by molar-refractivity contribution is 5.95. The number of rotatable bonds is 4. The molecule has 0 aliphatic carbocycles. The second-order valence-corrected chi connectivity index (χ2v) is 5.73. The molecule has 20 heavy (non-hydrogen) atoms. The van der Waals surface area contributed by atoms with Crippen LogP contribution >= 0.6 is 0 Å². The van der Waals surface area contributed by atoms with Gasteiger partial charge in [-0.05, 0) is 31.9 Å². The van der Waals surface area contributed by atoms with Gasteiger partial charge >= 0.3 is 0 Å². The first-order chi connectivity index (χ1) is 9.49. The zero-order valence-electron chi connectivity index (χ0n) is 12.4. The first kappa shape index (κ1) is 14.8. The van der Waals surface area contributed by atoms with E-state index in [2.05, 4.69) is 24.5 Å². The van der Waals surface area contributed by atoms with E-state index in [4.69, 9.17) is 0 Å². The van der Waals surface area contributed by atoms with Gasteiger partial charge in [0, 0.05) is 25.4 Å². The van der Waals surface area contributed by atoms with E-state index in [0.29, 0.717) is 18.8 Å². The average molecular weight is 277 g/mol. The van der Waals surface area contributed by atoms with E-state index in [1.807, 2.05) is 6.92 Å². The summed E-state index contributed by atoms with van der Waals surface area (Å²) in [6, 6.07) is 3.16. The van der Waals surface area contributed by atoms with Crippen molar-refractivity contribution in [3.05, 3.63) is 28.7 Å². The number of hydrogen-bond acceptors (Lipinski definition) is 3. The summed E-state index contributed by atoms with van der Waals surface area (Å²) in [5.41, 5.74) is 0.280. The largest absolute Gasteiger partial charge is 0.324 e. The second kappa shape index (κ2) is 5.79. The summed E-state index contributed by atoms with van der Waals surface area (Å²) < 4.78 is 1.59. The van der Waals surface area contributed by atoms with Gasteiger partial charge in [0.05, 0.1) is 11.1 Å².